The first-order valence-corrected chi connectivity index (χ1v) is 4.02. The number of benzene rings is 1. The molecule has 0 saturated heterocycles. The first-order chi connectivity index (χ1) is 6.24. The molecule has 13 heavy (non-hydrogen) atoms. The van der Waals surface area contributed by atoms with Crippen LogP contribution < -0.4 is 5.73 Å². The zero-order valence-corrected chi connectivity index (χ0v) is 7.50. The van der Waals surface area contributed by atoms with Crippen LogP contribution in [0.15, 0.2) is 18.2 Å². The Labute approximate surface area is 77.8 Å². The van der Waals surface area contributed by atoms with Gasteiger partial charge in [0.1, 0.15) is 6.29 Å². The molecule has 0 aromatic heterocycles. The predicted molar refractivity (Wildman–Crippen MR) is 53.2 cm³/mol. The highest BCUT2D eigenvalue weighted by Gasteiger charge is 1.93. The van der Waals surface area contributed by atoms with Crippen LogP contribution in [0.5, 0.6) is 0 Å². The number of anilines is 1. The van der Waals surface area contributed by atoms with Gasteiger partial charge in [-0.2, -0.15) is 0 Å². The van der Waals surface area contributed by atoms with Crippen LogP contribution in [-0.4, -0.2) is 6.29 Å². The summed E-state index contributed by atoms with van der Waals surface area (Å²) in [6, 6.07) is 5.68. The molecule has 0 fully saturated rings. The standard InChI is InChI=1S/C11H11NO/c1-9-5-6-10(11(12)8-9)4-2-3-7-13/h5-8H,3,12H2,1H3. The number of aldehydes is 1. The van der Waals surface area contributed by atoms with Crippen molar-refractivity contribution in [2.24, 2.45) is 0 Å². The van der Waals surface area contributed by atoms with Crippen LogP contribution in [0.3, 0.4) is 0 Å². The number of hydrogen-bond acceptors (Lipinski definition) is 2. The van der Waals surface area contributed by atoms with Gasteiger partial charge in [0.25, 0.3) is 0 Å². The topological polar surface area (TPSA) is 43.1 Å². The predicted octanol–water partition coefficient (Wildman–Crippen LogP) is 1.52. The van der Waals surface area contributed by atoms with E-state index in [9.17, 15) is 4.79 Å². The largest absolute Gasteiger partial charge is 0.398 e. The summed E-state index contributed by atoms with van der Waals surface area (Å²) >= 11 is 0. The zero-order chi connectivity index (χ0) is 9.68. The van der Waals surface area contributed by atoms with Gasteiger partial charge in [-0.05, 0) is 24.6 Å². The molecular formula is C11H11NO. The summed E-state index contributed by atoms with van der Waals surface area (Å²) in [7, 11) is 0. The minimum absolute atomic E-state index is 0.257. The van der Waals surface area contributed by atoms with Crippen molar-refractivity contribution in [3.05, 3.63) is 29.3 Å². The molecule has 0 spiro atoms. The Bertz CT molecular complexity index is 371. The minimum Gasteiger partial charge on any atom is -0.398 e. The van der Waals surface area contributed by atoms with E-state index in [-0.39, 0.29) is 6.42 Å². The van der Waals surface area contributed by atoms with E-state index in [1.807, 2.05) is 25.1 Å². The van der Waals surface area contributed by atoms with Crippen molar-refractivity contribution in [3.63, 3.8) is 0 Å². The van der Waals surface area contributed by atoms with Gasteiger partial charge in [-0.1, -0.05) is 17.9 Å². The molecule has 0 saturated carbocycles. The van der Waals surface area contributed by atoms with Gasteiger partial charge in [0.2, 0.25) is 0 Å². The summed E-state index contributed by atoms with van der Waals surface area (Å²) in [4.78, 5) is 10.0. The number of rotatable bonds is 1. The van der Waals surface area contributed by atoms with Crippen LogP contribution in [0.2, 0.25) is 0 Å². The van der Waals surface area contributed by atoms with E-state index in [2.05, 4.69) is 11.8 Å². The highest BCUT2D eigenvalue weighted by Crippen LogP contribution is 2.11. The molecule has 0 amide bonds. The molecule has 0 aliphatic rings. The van der Waals surface area contributed by atoms with Crippen LogP contribution in [0.1, 0.15) is 17.5 Å². The summed E-state index contributed by atoms with van der Waals surface area (Å²) in [6.07, 6.45) is 1.03. The highest BCUT2D eigenvalue weighted by atomic mass is 16.1. The number of nitrogen functional groups attached to an aromatic ring is 1. The second-order valence-corrected chi connectivity index (χ2v) is 2.76. The van der Waals surface area contributed by atoms with Gasteiger partial charge in [-0.15, -0.1) is 0 Å². The lowest BCUT2D eigenvalue weighted by molar-refractivity contribution is -0.107. The molecule has 2 N–H and O–H groups in total. The van der Waals surface area contributed by atoms with Crippen LogP contribution in [-0.2, 0) is 4.79 Å². The van der Waals surface area contributed by atoms with Crippen molar-refractivity contribution in [2.75, 3.05) is 5.73 Å². The Morgan fingerprint density at radius 1 is 1.54 bits per heavy atom. The second-order valence-electron chi connectivity index (χ2n) is 2.76. The fourth-order valence-electron chi connectivity index (χ4n) is 0.984. The summed E-state index contributed by atoms with van der Waals surface area (Å²) < 4.78 is 0. The van der Waals surface area contributed by atoms with Crippen LogP contribution in [0.4, 0.5) is 5.69 Å². The number of carbonyl (C=O) groups excluding carboxylic acids is 1. The van der Waals surface area contributed by atoms with Gasteiger partial charge in [-0.25, -0.2) is 0 Å². The van der Waals surface area contributed by atoms with Gasteiger partial charge in [0.15, 0.2) is 0 Å². The van der Waals surface area contributed by atoms with Crippen molar-refractivity contribution >= 4 is 12.0 Å². The molecule has 0 bridgehead atoms. The Morgan fingerprint density at radius 3 is 2.92 bits per heavy atom. The molecule has 1 aromatic carbocycles. The van der Waals surface area contributed by atoms with E-state index in [1.54, 1.807) is 0 Å². The molecule has 0 aliphatic heterocycles. The monoisotopic (exact) mass is 173 g/mol. The van der Waals surface area contributed by atoms with Crippen molar-refractivity contribution in [1.29, 1.82) is 0 Å². The molecule has 0 atom stereocenters. The van der Waals surface area contributed by atoms with E-state index in [0.29, 0.717) is 5.69 Å². The van der Waals surface area contributed by atoms with Gasteiger partial charge in [0, 0.05) is 11.3 Å². The zero-order valence-electron chi connectivity index (χ0n) is 7.50. The maximum absolute atomic E-state index is 10.0. The number of aryl methyl sites for hydroxylation is 1. The summed E-state index contributed by atoms with van der Waals surface area (Å²) in [5.74, 6) is 5.55. The third kappa shape index (κ3) is 2.64. The minimum atomic E-state index is 0.257. The number of nitrogens with two attached hydrogens (primary N) is 1. The lowest BCUT2D eigenvalue weighted by Gasteiger charge is -1.98. The molecule has 0 aliphatic carbocycles. The first-order valence-electron chi connectivity index (χ1n) is 4.02. The molecule has 0 radical (unpaired) electrons. The molecular weight excluding hydrogens is 162 g/mol. The molecule has 66 valence electrons. The summed E-state index contributed by atoms with van der Waals surface area (Å²) in [5.41, 5.74) is 8.27. The van der Waals surface area contributed by atoms with Gasteiger partial charge in [0.05, 0.1) is 6.42 Å². The van der Waals surface area contributed by atoms with E-state index in [4.69, 9.17) is 5.73 Å². The van der Waals surface area contributed by atoms with Crippen molar-refractivity contribution in [3.8, 4) is 11.8 Å². The van der Waals surface area contributed by atoms with E-state index >= 15 is 0 Å². The molecule has 1 rings (SSSR count). The van der Waals surface area contributed by atoms with Crippen molar-refractivity contribution < 1.29 is 4.79 Å². The maximum Gasteiger partial charge on any atom is 0.131 e. The van der Waals surface area contributed by atoms with Crippen molar-refractivity contribution in [2.45, 2.75) is 13.3 Å². The Kier molecular flexibility index (Phi) is 3.10. The molecule has 2 heteroatoms. The van der Waals surface area contributed by atoms with E-state index in [0.717, 1.165) is 17.4 Å². The molecule has 1 aromatic rings. The number of hydrogen-bond donors (Lipinski definition) is 1. The van der Waals surface area contributed by atoms with Crippen molar-refractivity contribution in [1.82, 2.24) is 0 Å². The van der Waals surface area contributed by atoms with E-state index in [1.165, 1.54) is 0 Å². The average molecular weight is 173 g/mol. The molecule has 0 heterocycles. The quantitative estimate of drug-likeness (QED) is 0.397. The Balaban J connectivity index is 2.91. The lowest BCUT2D eigenvalue weighted by atomic mass is 10.1. The average Bonchev–Trinajstić information content (AvgIpc) is 2.09. The van der Waals surface area contributed by atoms with Gasteiger partial charge in [-0.3, -0.25) is 0 Å². The second kappa shape index (κ2) is 4.32. The van der Waals surface area contributed by atoms with Gasteiger partial charge < -0.3 is 10.5 Å². The normalized spacial score (nSPS) is 8.69. The fourth-order valence-corrected chi connectivity index (χ4v) is 0.984. The first kappa shape index (κ1) is 9.34. The Hall–Kier alpha value is -1.75. The summed E-state index contributed by atoms with van der Waals surface area (Å²) in [6.45, 7) is 1.97. The molecule has 0 unspecified atom stereocenters. The van der Waals surface area contributed by atoms with E-state index < -0.39 is 0 Å². The third-order valence-electron chi connectivity index (χ3n) is 1.62. The Morgan fingerprint density at radius 2 is 2.31 bits per heavy atom. The third-order valence-corrected chi connectivity index (χ3v) is 1.62. The van der Waals surface area contributed by atoms with Gasteiger partial charge >= 0.3 is 0 Å². The smallest absolute Gasteiger partial charge is 0.131 e. The number of carbonyl (C=O) groups is 1. The lowest BCUT2D eigenvalue weighted by Crippen LogP contribution is -1.90. The highest BCUT2D eigenvalue weighted by molar-refractivity contribution is 5.60. The molecule has 2 nitrogen and oxygen atoms in total. The fraction of sp³-hybridized carbons (Fsp3) is 0.182. The SMILES string of the molecule is Cc1ccc(C#CCC=O)c(N)c1. The van der Waals surface area contributed by atoms with Crippen LogP contribution in [0.25, 0.3) is 0 Å². The maximum atomic E-state index is 10.0. The summed E-state index contributed by atoms with van der Waals surface area (Å²) in [5, 5.41) is 0. The van der Waals surface area contributed by atoms with Crippen LogP contribution >= 0.6 is 0 Å². The van der Waals surface area contributed by atoms with Crippen LogP contribution in [0, 0.1) is 18.8 Å².